The number of carbonyl (C=O) groups is 2. The van der Waals surface area contributed by atoms with Gasteiger partial charge in [0.05, 0.1) is 41.6 Å². The molecule has 2 aromatic rings. The Morgan fingerprint density at radius 3 is 2.57 bits per heavy atom. The first-order chi connectivity index (χ1) is 13.4. The maximum atomic E-state index is 12.7. The van der Waals surface area contributed by atoms with Crippen molar-refractivity contribution in [2.75, 3.05) is 31.6 Å². The second-order valence-electron chi connectivity index (χ2n) is 5.87. The van der Waals surface area contributed by atoms with Crippen LogP contribution < -0.4 is 10.6 Å². The minimum absolute atomic E-state index is 0.0224. The lowest BCUT2D eigenvalue weighted by atomic mass is 10.3. The van der Waals surface area contributed by atoms with Crippen molar-refractivity contribution in [3.05, 3.63) is 47.4 Å². The number of carbonyl (C=O) groups excluding carboxylic acids is 2. The fourth-order valence-corrected chi connectivity index (χ4v) is 4.14. The first-order valence-corrected chi connectivity index (χ1v) is 10.2. The van der Waals surface area contributed by atoms with Crippen LogP contribution in [0.25, 0.3) is 0 Å². The molecule has 0 radical (unpaired) electrons. The standard InChI is InChI=1S/C17H18ClN3O6S/c18-14-4-3-13(28(24,25)21-5-8-26-9-6-21)10-15(14)20-17(23)16(22)19-11-12-2-1-7-27-12/h1-4,7,10H,5-6,8-9,11H2,(H,19,22)(H,20,23). The van der Waals surface area contributed by atoms with Crippen LogP contribution in [0.15, 0.2) is 45.9 Å². The molecule has 0 bridgehead atoms. The van der Waals surface area contributed by atoms with Crippen molar-refractivity contribution < 1.29 is 27.2 Å². The average Bonchev–Trinajstić information content (AvgIpc) is 3.22. The molecule has 0 unspecified atom stereocenters. The van der Waals surface area contributed by atoms with E-state index in [1.807, 2.05) is 0 Å². The summed E-state index contributed by atoms with van der Waals surface area (Å²) in [6, 6.07) is 7.23. The monoisotopic (exact) mass is 427 g/mol. The highest BCUT2D eigenvalue weighted by molar-refractivity contribution is 7.89. The Balaban J connectivity index is 1.70. The van der Waals surface area contributed by atoms with E-state index in [1.165, 1.54) is 28.8 Å². The molecule has 0 aliphatic carbocycles. The van der Waals surface area contributed by atoms with Gasteiger partial charge < -0.3 is 19.8 Å². The van der Waals surface area contributed by atoms with E-state index in [2.05, 4.69) is 10.6 Å². The van der Waals surface area contributed by atoms with Gasteiger partial charge in [0.1, 0.15) is 5.76 Å². The molecule has 1 aliphatic heterocycles. The third-order valence-electron chi connectivity index (χ3n) is 4.00. The molecule has 11 heteroatoms. The number of hydrogen-bond acceptors (Lipinski definition) is 6. The van der Waals surface area contributed by atoms with Crippen molar-refractivity contribution in [3.63, 3.8) is 0 Å². The van der Waals surface area contributed by atoms with E-state index in [0.29, 0.717) is 19.0 Å². The molecule has 1 fully saturated rings. The second-order valence-corrected chi connectivity index (χ2v) is 8.22. The van der Waals surface area contributed by atoms with Gasteiger partial charge >= 0.3 is 11.8 Å². The minimum atomic E-state index is -3.77. The van der Waals surface area contributed by atoms with Crippen LogP contribution in [-0.2, 0) is 30.9 Å². The largest absolute Gasteiger partial charge is 0.467 e. The van der Waals surface area contributed by atoms with Gasteiger partial charge in [0.25, 0.3) is 0 Å². The predicted molar refractivity (Wildman–Crippen MR) is 100 cm³/mol. The molecule has 1 aromatic carbocycles. The Labute approximate surface area is 166 Å². The number of benzene rings is 1. The van der Waals surface area contributed by atoms with Gasteiger partial charge in [-0.3, -0.25) is 9.59 Å². The molecule has 150 valence electrons. The van der Waals surface area contributed by atoms with Crippen LogP contribution >= 0.6 is 11.6 Å². The topological polar surface area (TPSA) is 118 Å². The summed E-state index contributed by atoms with van der Waals surface area (Å²) in [4.78, 5) is 24.0. The number of hydrogen-bond donors (Lipinski definition) is 2. The number of nitrogens with zero attached hydrogens (tertiary/aromatic N) is 1. The fourth-order valence-electron chi connectivity index (χ4n) is 2.54. The molecule has 1 aliphatic rings. The van der Waals surface area contributed by atoms with Gasteiger partial charge in [-0.1, -0.05) is 11.6 Å². The maximum Gasteiger partial charge on any atom is 0.313 e. The first-order valence-electron chi connectivity index (χ1n) is 8.37. The molecule has 0 spiro atoms. The summed E-state index contributed by atoms with van der Waals surface area (Å²) in [5.74, 6) is -1.40. The molecule has 2 N–H and O–H groups in total. The van der Waals surface area contributed by atoms with Gasteiger partial charge in [-0.15, -0.1) is 0 Å². The molecule has 28 heavy (non-hydrogen) atoms. The van der Waals surface area contributed by atoms with Crippen LogP contribution in [0, 0.1) is 0 Å². The van der Waals surface area contributed by atoms with Crippen LogP contribution in [-0.4, -0.2) is 50.8 Å². The van der Waals surface area contributed by atoms with Crippen molar-refractivity contribution in [1.82, 2.24) is 9.62 Å². The zero-order valence-corrected chi connectivity index (χ0v) is 16.3. The lowest BCUT2D eigenvalue weighted by Gasteiger charge is -2.26. The zero-order chi connectivity index (χ0) is 20.1. The van der Waals surface area contributed by atoms with Crippen LogP contribution in [0.2, 0.25) is 5.02 Å². The Hall–Kier alpha value is -2.40. The molecule has 3 rings (SSSR count). The normalized spacial score (nSPS) is 15.2. The summed E-state index contributed by atoms with van der Waals surface area (Å²) < 4.78 is 37.0. The third kappa shape index (κ3) is 4.71. The van der Waals surface area contributed by atoms with Gasteiger partial charge in [0.2, 0.25) is 10.0 Å². The highest BCUT2D eigenvalue weighted by atomic mass is 35.5. The SMILES string of the molecule is O=C(NCc1ccco1)C(=O)Nc1cc(S(=O)(=O)N2CCOCC2)ccc1Cl. The molecule has 1 aromatic heterocycles. The number of halogens is 1. The van der Waals surface area contributed by atoms with E-state index < -0.39 is 21.8 Å². The summed E-state index contributed by atoms with van der Waals surface area (Å²) in [5.41, 5.74) is 0.0224. The van der Waals surface area contributed by atoms with E-state index >= 15 is 0 Å². The lowest BCUT2D eigenvalue weighted by Crippen LogP contribution is -2.40. The maximum absolute atomic E-state index is 12.7. The summed E-state index contributed by atoms with van der Waals surface area (Å²) in [5, 5.41) is 4.83. The molecule has 2 heterocycles. The van der Waals surface area contributed by atoms with Crippen molar-refractivity contribution in [2.45, 2.75) is 11.4 Å². The van der Waals surface area contributed by atoms with E-state index in [9.17, 15) is 18.0 Å². The van der Waals surface area contributed by atoms with E-state index in [0.717, 1.165) is 0 Å². The van der Waals surface area contributed by atoms with Crippen LogP contribution in [0.3, 0.4) is 0 Å². The number of amides is 2. The number of furan rings is 1. The van der Waals surface area contributed by atoms with Crippen molar-refractivity contribution in [1.29, 1.82) is 0 Å². The van der Waals surface area contributed by atoms with Gasteiger partial charge in [-0.05, 0) is 30.3 Å². The second kappa shape index (κ2) is 8.74. The van der Waals surface area contributed by atoms with E-state index in [1.54, 1.807) is 12.1 Å². The summed E-state index contributed by atoms with van der Waals surface area (Å²) in [7, 11) is -3.77. The van der Waals surface area contributed by atoms with E-state index in [-0.39, 0.29) is 35.2 Å². The van der Waals surface area contributed by atoms with Crippen LogP contribution in [0.5, 0.6) is 0 Å². The smallest absolute Gasteiger partial charge is 0.313 e. The number of nitrogens with one attached hydrogen (secondary N) is 2. The molecular weight excluding hydrogens is 410 g/mol. The lowest BCUT2D eigenvalue weighted by molar-refractivity contribution is -0.136. The Morgan fingerprint density at radius 1 is 1.14 bits per heavy atom. The van der Waals surface area contributed by atoms with Crippen molar-refractivity contribution in [3.8, 4) is 0 Å². The number of anilines is 1. The van der Waals surface area contributed by atoms with Crippen LogP contribution in [0.4, 0.5) is 5.69 Å². The predicted octanol–water partition coefficient (Wildman–Crippen LogP) is 1.21. The Kier molecular flexibility index (Phi) is 6.35. The van der Waals surface area contributed by atoms with Gasteiger partial charge in [0.15, 0.2) is 0 Å². The number of rotatable bonds is 5. The summed E-state index contributed by atoms with van der Waals surface area (Å²) in [6.07, 6.45) is 1.45. The van der Waals surface area contributed by atoms with Crippen molar-refractivity contribution in [2.24, 2.45) is 0 Å². The summed E-state index contributed by atoms with van der Waals surface area (Å²) >= 11 is 6.05. The fraction of sp³-hybridized carbons (Fsp3) is 0.294. The average molecular weight is 428 g/mol. The number of morpholine rings is 1. The third-order valence-corrected chi connectivity index (χ3v) is 6.23. The van der Waals surface area contributed by atoms with Gasteiger partial charge in [0, 0.05) is 13.1 Å². The quantitative estimate of drug-likeness (QED) is 0.692. The highest BCUT2D eigenvalue weighted by Gasteiger charge is 2.27. The van der Waals surface area contributed by atoms with Gasteiger partial charge in [-0.25, -0.2) is 8.42 Å². The minimum Gasteiger partial charge on any atom is -0.467 e. The van der Waals surface area contributed by atoms with Gasteiger partial charge in [-0.2, -0.15) is 4.31 Å². The molecule has 2 amide bonds. The molecule has 0 saturated carbocycles. The van der Waals surface area contributed by atoms with E-state index in [4.69, 9.17) is 20.8 Å². The van der Waals surface area contributed by atoms with Crippen molar-refractivity contribution >= 4 is 39.1 Å². The Morgan fingerprint density at radius 2 is 1.89 bits per heavy atom. The Bertz CT molecular complexity index is 955. The molecule has 1 saturated heterocycles. The molecule has 9 nitrogen and oxygen atoms in total. The zero-order valence-electron chi connectivity index (χ0n) is 14.7. The number of sulfonamides is 1. The van der Waals surface area contributed by atoms with Crippen LogP contribution in [0.1, 0.15) is 5.76 Å². The first kappa shape index (κ1) is 20.3. The molecular formula is C17H18ClN3O6S. The highest BCUT2D eigenvalue weighted by Crippen LogP contribution is 2.27. The number of ether oxygens (including phenoxy) is 1. The summed E-state index contributed by atoms with van der Waals surface area (Å²) in [6.45, 7) is 1.14. The molecule has 0 atom stereocenters.